The number of ether oxygens (including phenoxy) is 2. The van der Waals surface area contributed by atoms with Crippen LogP contribution in [0, 0.1) is 0 Å². The third-order valence-electron chi connectivity index (χ3n) is 7.76. The van der Waals surface area contributed by atoms with Gasteiger partial charge in [0, 0.05) is 36.2 Å². The molecule has 0 spiro atoms. The number of aryl methyl sites for hydroxylation is 1. The number of amides is 1. The molecule has 0 radical (unpaired) electrons. The van der Waals surface area contributed by atoms with Gasteiger partial charge in [0.1, 0.15) is 11.8 Å². The summed E-state index contributed by atoms with van der Waals surface area (Å²) in [6.45, 7) is 1.06. The molecule has 240 valence electrons. The second kappa shape index (κ2) is 18.8. The molecule has 4 aromatic carbocycles. The number of unbranched alkanes of at least 4 members (excludes halogenated alkanes) is 3. The van der Waals surface area contributed by atoms with Gasteiger partial charge in [-0.2, -0.15) is 0 Å². The van der Waals surface area contributed by atoms with Crippen LogP contribution >= 0.6 is 0 Å². The van der Waals surface area contributed by atoms with E-state index in [1.165, 1.54) is 12.7 Å². The number of carbonyl (C=O) groups is 3. The molecule has 2 N–H and O–H groups in total. The Balaban J connectivity index is 1.16. The second-order valence-electron chi connectivity index (χ2n) is 11.3. The van der Waals surface area contributed by atoms with Crippen molar-refractivity contribution in [3.63, 3.8) is 0 Å². The van der Waals surface area contributed by atoms with Crippen LogP contribution < -0.4 is 15.4 Å². The minimum absolute atomic E-state index is 0.0910. The summed E-state index contributed by atoms with van der Waals surface area (Å²) in [6, 6.07) is 33.6. The van der Waals surface area contributed by atoms with Crippen LogP contribution in [0.15, 0.2) is 109 Å². The predicted molar refractivity (Wildman–Crippen MR) is 182 cm³/mol. The SMILES string of the molecule is COC(=O)[C@H](Cc1ccc(OCCCNC(=O)CCCCCCc2ccccc2)cc1)Nc1ccccc1C(=O)c1ccccc1. The molecule has 0 heterocycles. The molecule has 7 heteroatoms. The molecule has 0 aliphatic carbocycles. The van der Waals surface area contributed by atoms with Crippen molar-refractivity contribution in [2.24, 2.45) is 0 Å². The second-order valence-corrected chi connectivity index (χ2v) is 11.3. The summed E-state index contributed by atoms with van der Waals surface area (Å²) in [5.41, 5.74) is 3.91. The summed E-state index contributed by atoms with van der Waals surface area (Å²) in [5.74, 6) is 0.256. The van der Waals surface area contributed by atoms with Crippen LogP contribution in [0.5, 0.6) is 5.75 Å². The topological polar surface area (TPSA) is 93.7 Å². The predicted octanol–water partition coefficient (Wildman–Crippen LogP) is 7.19. The van der Waals surface area contributed by atoms with Crippen LogP contribution in [-0.2, 0) is 27.2 Å². The molecular weight excluding hydrogens is 576 g/mol. The van der Waals surface area contributed by atoms with Crippen LogP contribution in [0.2, 0.25) is 0 Å². The van der Waals surface area contributed by atoms with Crippen molar-refractivity contribution < 1.29 is 23.9 Å². The first kappa shape index (κ1) is 34.0. The third-order valence-corrected chi connectivity index (χ3v) is 7.76. The quantitative estimate of drug-likeness (QED) is 0.0655. The Morgan fingerprint density at radius 3 is 2.11 bits per heavy atom. The highest BCUT2D eigenvalue weighted by Gasteiger charge is 2.22. The molecule has 0 saturated heterocycles. The summed E-state index contributed by atoms with van der Waals surface area (Å²) in [6.07, 6.45) is 6.99. The number of rotatable bonds is 19. The lowest BCUT2D eigenvalue weighted by Gasteiger charge is -2.20. The maximum atomic E-state index is 13.2. The van der Waals surface area contributed by atoms with Crippen LogP contribution in [0.4, 0.5) is 5.69 Å². The molecule has 0 saturated carbocycles. The van der Waals surface area contributed by atoms with Gasteiger partial charge in [0.2, 0.25) is 5.91 Å². The van der Waals surface area contributed by atoms with Crippen molar-refractivity contribution in [1.29, 1.82) is 0 Å². The average molecular weight is 621 g/mol. The molecule has 7 nitrogen and oxygen atoms in total. The van der Waals surface area contributed by atoms with Gasteiger partial charge in [-0.1, -0.05) is 97.8 Å². The fraction of sp³-hybridized carbons (Fsp3) is 0.308. The number of methoxy groups -OCH3 is 1. The monoisotopic (exact) mass is 620 g/mol. The van der Waals surface area contributed by atoms with E-state index >= 15 is 0 Å². The number of hydrogen-bond acceptors (Lipinski definition) is 6. The summed E-state index contributed by atoms with van der Waals surface area (Å²) in [7, 11) is 1.35. The number of anilines is 1. The van der Waals surface area contributed by atoms with Crippen molar-refractivity contribution in [2.45, 2.75) is 57.4 Å². The molecule has 0 aliphatic heterocycles. The number of hydrogen-bond donors (Lipinski definition) is 2. The molecule has 0 aliphatic rings. The number of ketones is 1. The highest BCUT2D eigenvalue weighted by atomic mass is 16.5. The summed E-state index contributed by atoms with van der Waals surface area (Å²) >= 11 is 0. The Hall–Kier alpha value is -4.91. The fourth-order valence-corrected chi connectivity index (χ4v) is 5.22. The largest absolute Gasteiger partial charge is 0.494 e. The zero-order valence-corrected chi connectivity index (χ0v) is 26.6. The summed E-state index contributed by atoms with van der Waals surface area (Å²) in [4.78, 5) is 38.0. The summed E-state index contributed by atoms with van der Waals surface area (Å²) in [5, 5.41) is 6.22. The first-order valence-electron chi connectivity index (χ1n) is 16.1. The fourth-order valence-electron chi connectivity index (χ4n) is 5.22. The van der Waals surface area contributed by atoms with Crippen molar-refractivity contribution in [1.82, 2.24) is 5.32 Å². The van der Waals surface area contributed by atoms with E-state index in [4.69, 9.17) is 9.47 Å². The molecule has 0 aromatic heterocycles. The first-order chi connectivity index (χ1) is 22.5. The van der Waals surface area contributed by atoms with E-state index in [0.717, 1.165) is 37.7 Å². The Morgan fingerprint density at radius 2 is 1.37 bits per heavy atom. The number of para-hydroxylation sites is 1. The van der Waals surface area contributed by atoms with Gasteiger partial charge in [-0.05, 0) is 61.1 Å². The van der Waals surface area contributed by atoms with E-state index in [-0.39, 0.29) is 11.7 Å². The molecule has 4 rings (SSSR count). The van der Waals surface area contributed by atoms with Gasteiger partial charge in [-0.3, -0.25) is 9.59 Å². The number of nitrogens with one attached hydrogen (secondary N) is 2. The molecule has 1 atom stereocenters. The molecular formula is C39H44N2O5. The molecule has 1 amide bonds. The normalized spacial score (nSPS) is 11.3. The third kappa shape index (κ3) is 11.2. The van der Waals surface area contributed by atoms with Gasteiger partial charge in [-0.25, -0.2) is 4.79 Å². The van der Waals surface area contributed by atoms with Gasteiger partial charge < -0.3 is 20.1 Å². The first-order valence-corrected chi connectivity index (χ1v) is 16.1. The van der Waals surface area contributed by atoms with Crippen molar-refractivity contribution in [3.8, 4) is 5.75 Å². The smallest absolute Gasteiger partial charge is 0.328 e. The Labute approximate surface area is 272 Å². The van der Waals surface area contributed by atoms with Gasteiger partial charge >= 0.3 is 5.97 Å². The van der Waals surface area contributed by atoms with Crippen LogP contribution in [0.1, 0.15) is 65.6 Å². The zero-order chi connectivity index (χ0) is 32.4. The summed E-state index contributed by atoms with van der Waals surface area (Å²) < 4.78 is 10.9. The minimum Gasteiger partial charge on any atom is -0.494 e. The highest BCUT2D eigenvalue weighted by molar-refractivity contribution is 6.12. The Morgan fingerprint density at radius 1 is 0.696 bits per heavy atom. The maximum absolute atomic E-state index is 13.2. The lowest BCUT2D eigenvalue weighted by Crippen LogP contribution is -2.33. The number of benzene rings is 4. The Bertz CT molecular complexity index is 1510. The highest BCUT2D eigenvalue weighted by Crippen LogP contribution is 2.22. The van der Waals surface area contributed by atoms with Gasteiger partial charge in [0.15, 0.2) is 5.78 Å². The lowest BCUT2D eigenvalue weighted by molar-refractivity contribution is -0.141. The van der Waals surface area contributed by atoms with Crippen molar-refractivity contribution in [2.75, 3.05) is 25.6 Å². The average Bonchev–Trinajstić information content (AvgIpc) is 3.10. The number of carbonyl (C=O) groups excluding carboxylic acids is 3. The van der Waals surface area contributed by atoms with E-state index in [9.17, 15) is 14.4 Å². The van der Waals surface area contributed by atoms with Crippen LogP contribution in [0.3, 0.4) is 0 Å². The van der Waals surface area contributed by atoms with Crippen molar-refractivity contribution >= 4 is 23.3 Å². The molecule has 0 unspecified atom stereocenters. The maximum Gasteiger partial charge on any atom is 0.328 e. The van der Waals surface area contributed by atoms with E-state index in [1.54, 1.807) is 30.3 Å². The zero-order valence-electron chi connectivity index (χ0n) is 26.6. The van der Waals surface area contributed by atoms with E-state index in [0.29, 0.717) is 55.0 Å². The van der Waals surface area contributed by atoms with Gasteiger partial charge in [0.05, 0.1) is 13.7 Å². The van der Waals surface area contributed by atoms with Crippen molar-refractivity contribution in [3.05, 3.63) is 131 Å². The van der Waals surface area contributed by atoms with Crippen LogP contribution in [0.25, 0.3) is 0 Å². The van der Waals surface area contributed by atoms with Gasteiger partial charge in [-0.15, -0.1) is 0 Å². The molecule has 0 fully saturated rings. The number of esters is 1. The molecule has 4 aromatic rings. The van der Waals surface area contributed by atoms with E-state index in [2.05, 4.69) is 34.9 Å². The molecule has 0 bridgehead atoms. The van der Waals surface area contributed by atoms with Gasteiger partial charge in [0.25, 0.3) is 0 Å². The van der Waals surface area contributed by atoms with E-state index in [1.807, 2.05) is 54.6 Å². The minimum atomic E-state index is -0.695. The van der Waals surface area contributed by atoms with E-state index < -0.39 is 12.0 Å². The lowest BCUT2D eigenvalue weighted by atomic mass is 10.00. The van der Waals surface area contributed by atoms with Crippen LogP contribution in [-0.4, -0.2) is 44.0 Å². The molecule has 46 heavy (non-hydrogen) atoms. The Kier molecular flexibility index (Phi) is 13.9. The standard InChI is InChI=1S/C39H44N2O5/c1-45-39(44)36(41-35-21-13-12-20-34(35)38(43)32-18-9-5-10-19-32)29-31-23-25-33(26-24-31)46-28-14-27-40-37(42)22-11-3-2-6-15-30-16-7-4-8-17-30/h4-5,7-10,12-13,16-21,23-26,36,41H,2-3,6,11,14-15,22,27-29H2,1H3,(H,40,42)/t36-/m0/s1.